The molecule has 6 rings (SSSR count). The van der Waals surface area contributed by atoms with Gasteiger partial charge in [-0.1, -0.05) is 6.07 Å². The molecule has 0 amide bonds. The monoisotopic (exact) mass is 390 g/mol. The van der Waals surface area contributed by atoms with Gasteiger partial charge in [0.15, 0.2) is 0 Å². The van der Waals surface area contributed by atoms with Crippen LogP contribution >= 0.6 is 12.4 Å². The Hall–Kier alpha value is -1.23. The third-order valence-electron chi connectivity index (χ3n) is 7.01. The number of β-amino-alcohol motifs (C(OH)–C–C–N with tert-alkyl or cyclic N) is 1. The maximum absolute atomic E-state index is 10.5. The molecule has 0 spiro atoms. The zero-order valence-electron chi connectivity index (χ0n) is 15.8. The fourth-order valence-electron chi connectivity index (χ4n) is 6.25. The van der Waals surface area contributed by atoms with E-state index < -0.39 is 0 Å². The lowest BCUT2D eigenvalue weighted by Gasteiger charge is -2.57. The van der Waals surface area contributed by atoms with Gasteiger partial charge in [-0.3, -0.25) is 0 Å². The van der Waals surface area contributed by atoms with Crippen LogP contribution in [0.15, 0.2) is 30.5 Å². The van der Waals surface area contributed by atoms with Crippen molar-refractivity contribution >= 4 is 23.3 Å². The first kappa shape index (κ1) is 19.1. The number of aliphatic hydroxyl groups excluding tert-OH is 1. The largest absolute Gasteiger partial charge is 0.493 e. The van der Waals surface area contributed by atoms with Gasteiger partial charge >= 0.3 is 0 Å². The molecule has 4 bridgehead atoms. The van der Waals surface area contributed by atoms with Gasteiger partial charge in [-0.05, 0) is 74.5 Å². The maximum Gasteiger partial charge on any atom is 0.128 e. The molecule has 4 fully saturated rings. The van der Waals surface area contributed by atoms with Crippen molar-refractivity contribution in [2.45, 2.75) is 56.6 Å². The quantitative estimate of drug-likeness (QED) is 0.661. The van der Waals surface area contributed by atoms with Crippen LogP contribution in [0.4, 0.5) is 0 Å². The van der Waals surface area contributed by atoms with E-state index in [0.717, 1.165) is 34.4 Å². The Labute approximate surface area is 167 Å². The van der Waals surface area contributed by atoms with Crippen molar-refractivity contribution in [2.75, 3.05) is 13.2 Å². The molecular formula is C22H31ClN2O2. The third-order valence-corrected chi connectivity index (χ3v) is 7.01. The number of aromatic nitrogens is 1. The predicted octanol–water partition coefficient (Wildman–Crippen LogP) is 4.28. The van der Waals surface area contributed by atoms with Crippen LogP contribution in [-0.2, 0) is 0 Å². The SMILES string of the molecule is Cl.OC(CCOc1cccc2[nH]ccc12)CNC12CC3CC(CC(C3)C1)C2. The molecule has 5 heteroatoms. The molecule has 0 saturated heterocycles. The van der Waals surface area contributed by atoms with Crippen LogP contribution in [0.3, 0.4) is 0 Å². The van der Waals surface area contributed by atoms with Gasteiger partial charge in [-0.2, -0.15) is 0 Å². The molecule has 1 aromatic heterocycles. The number of rotatable bonds is 7. The first-order valence-corrected chi connectivity index (χ1v) is 10.3. The summed E-state index contributed by atoms with van der Waals surface area (Å²) < 4.78 is 5.94. The van der Waals surface area contributed by atoms with E-state index in [1.54, 1.807) is 0 Å². The van der Waals surface area contributed by atoms with E-state index in [-0.39, 0.29) is 18.5 Å². The molecule has 2 aromatic rings. The fourth-order valence-corrected chi connectivity index (χ4v) is 6.25. The Morgan fingerprint density at radius 1 is 1.11 bits per heavy atom. The molecule has 27 heavy (non-hydrogen) atoms. The number of hydrogen-bond acceptors (Lipinski definition) is 3. The van der Waals surface area contributed by atoms with E-state index in [1.807, 2.05) is 30.5 Å². The van der Waals surface area contributed by atoms with Crippen LogP contribution in [0.1, 0.15) is 44.9 Å². The number of nitrogens with one attached hydrogen (secondary N) is 2. The summed E-state index contributed by atoms with van der Waals surface area (Å²) in [5, 5.41) is 15.3. The topological polar surface area (TPSA) is 57.3 Å². The highest BCUT2D eigenvalue weighted by Crippen LogP contribution is 2.55. The minimum absolute atomic E-state index is 0. The van der Waals surface area contributed by atoms with Gasteiger partial charge in [-0.15, -0.1) is 12.4 Å². The molecule has 1 aromatic carbocycles. The maximum atomic E-state index is 10.5. The van der Waals surface area contributed by atoms with Gasteiger partial charge in [0.25, 0.3) is 0 Å². The molecule has 4 aliphatic carbocycles. The van der Waals surface area contributed by atoms with Gasteiger partial charge < -0.3 is 20.1 Å². The Morgan fingerprint density at radius 3 is 2.52 bits per heavy atom. The lowest BCUT2D eigenvalue weighted by Crippen LogP contribution is -2.59. The fraction of sp³-hybridized carbons (Fsp3) is 0.636. The van der Waals surface area contributed by atoms with E-state index in [4.69, 9.17) is 4.74 Å². The van der Waals surface area contributed by atoms with Gasteiger partial charge in [0.05, 0.1) is 12.7 Å². The van der Waals surface area contributed by atoms with Crippen molar-refractivity contribution in [3.8, 4) is 5.75 Å². The first-order chi connectivity index (χ1) is 12.7. The van der Waals surface area contributed by atoms with Crippen molar-refractivity contribution in [3.05, 3.63) is 30.5 Å². The summed E-state index contributed by atoms with van der Waals surface area (Å²) in [6.45, 7) is 1.25. The summed E-state index contributed by atoms with van der Waals surface area (Å²) in [6.07, 6.45) is 10.6. The minimum Gasteiger partial charge on any atom is -0.493 e. The second kappa shape index (κ2) is 7.65. The molecule has 148 valence electrons. The van der Waals surface area contributed by atoms with Crippen LogP contribution in [-0.4, -0.2) is 34.9 Å². The average molecular weight is 391 g/mol. The second-order valence-corrected chi connectivity index (χ2v) is 9.06. The Kier molecular flexibility index (Phi) is 5.41. The molecule has 4 aliphatic rings. The molecule has 0 radical (unpaired) electrons. The van der Waals surface area contributed by atoms with E-state index in [2.05, 4.69) is 10.3 Å². The van der Waals surface area contributed by atoms with Crippen molar-refractivity contribution in [3.63, 3.8) is 0 Å². The van der Waals surface area contributed by atoms with Crippen LogP contribution in [0.25, 0.3) is 10.9 Å². The average Bonchev–Trinajstić information content (AvgIpc) is 3.09. The van der Waals surface area contributed by atoms with Gasteiger partial charge in [0, 0.05) is 35.6 Å². The van der Waals surface area contributed by atoms with Crippen LogP contribution in [0.5, 0.6) is 5.75 Å². The number of aliphatic hydroxyl groups is 1. The van der Waals surface area contributed by atoms with E-state index >= 15 is 0 Å². The van der Waals surface area contributed by atoms with Crippen molar-refractivity contribution < 1.29 is 9.84 Å². The number of hydrogen-bond donors (Lipinski definition) is 3. The molecule has 0 aliphatic heterocycles. The number of benzene rings is 1. The molecule has 1 heterocycles. The predicted molar refractivity (Wildman–Crippen MR) is 111 cm³/mol. The van der Waals surface area contributed by atoms with E-state index in [1.165, 1.54) is 38.5 Å². The molecule has 1 atom stereocenters. The summed E-state index contributed by atoms with van der Waals surface area (Å²) in [5.41, 5.74) is 1.42. The second-order valence-electron chi connectivity index (χ2n) is 9.06. The smallest absolute Gasteiger partial charge is 0.128 e. The summed E-state index contributed by atoms with van der Waals surface area (Å²) in [4.78, 5) is 3.20. The van der Waals surface area contributed by atoms with Crippen molar-refractivity contribution in [1.82, 2.24) is 10.3 Å². The molecule has 1 unspecified atom stereocenters. The molecule has 4 saturated carbocycles. The lowest BCUT2D eigenvalue weighted by atomic mass is 9.53. The molecule has 3 N–H and O–H groups in total. The summed E-state index contributed by atoms with van der Waals surface area (Å²) >= 11 is 0. The Balaban J connectivity index is 0.00000180. The molecular weight excluding hydrogens is 360 g/mol. The summed E-state index contributed by atoms with van der Waals surface area (Å²) in [5.74, 6) is 3.72. The number of ether oxygens (including phenoxy) is 1. The standard InChI is InChI=1S/C22H30N2O2.ClH/c25-18(5-7-26-21-3-1-2-20-19(21)4-6-23-20)14-24-22-11-15-8-16(12-22)10-17(9-15)13-22;/h1-4,6,15-18,23-25H,5,7-14H2;1H. The van der Waals surface area contributed by atoms with Crippen LogP contribution in [0, 0.1) is 17.8 Å². The van der Waals surface area contributed by atoms with Crippen molar-refractivity contribution in [1.29, 1.82) is 0 Å². The van der Waals surface area contributed by atoms with Crippen LogP contribution < -0.4 is 10.1 Å². The summed E-state index contributed by atoms with van der Waals surface area (Å²) in [7, 11) is 0. The zero-order valence-corrected chi connectivity index (χ0v) is 16.6. The number of halogens is 1. The van der Waals surface area contributed by atoms with Crippen LogP contribution in [0.2, 0.25) is 0 Å². The number of H-pyrrole nitrogens is 1. The van der Waals surface area contributed by atoms with Gasteiger partial charge in [0.1, 0.15) is 5.75 Å². The Morgan fingerprint density at radius 2 is 1.81 bits per heavy atom. The number of fused-ring (bicyclic) bond motifs is 1. The minimum atomic E-state index is -0.339. The Bertz CT molecular complexity index is 739. The number of aromatic amines is 1. The zero-order chi connectivity index (χ0) is 17.6. The van der Waals surface area contributed by atoms with Gasteiger partial charge in [-0.25, -0.2) is 0 Å². The highest BCUT2D eigenvalue weighted by Gasteiger charge is 2.50. The normalized spacial score (nSPS) is 32.4. The van der Waals surface area contributed by atoms with Gasteiger partial charge in [0.2, 0.25) is 0 Å². The highest BCUT2D eigenvalue weighted by atomic mass is 35.5. The van der Waals surface area contributed by atoms with Crippen molar-refractivity contribution in [2.24, 2.45) is 17.8 Å². The lowest BCUT2D eigenvalue weighted by molar-refractivity contribution is -0.0254. The first-order valence-electron chi connectivity index (χ1n) is 10.3. The van der Waals surface area contributed by atoms with E-state index in [0.29, 0.717) is 25.1 Å². The third kappa shape index (κ3) is 3.85. The summed E-state index contributed by atoms with van der Waals surface area (Å²) in [6, 6.07) is 8.08. The van der Waals surface area contributed by atoms with E-state index in [9.17, 15) is 5.11 Å². The highest BCUT2D eigenvalue weighted by molar-refractivity contribution is 5.86. The molecule has 4 nitrogen and oxygen atoms in total.